The van der Waals surface area contributed by atoms with Gasteiger partial charge in [-0.15, -0.1) is 24.0 Å². The minimum atomic E-state index is -0.505. The molecule has 0 saturated heterocycles. The van der Waals surface area contributed by atoms with Crippen molar-refractivity contribution in [1.29, 1.82) is 0 Å². The Morgan fingerprint density at radius 3 is 2.55 bits per heavy atom. The molecular formula is C22H28FIN4O3. The number of amides is 1. The van der Waals surface area contributed by atoms with Crippen LogP contribution in [0.2, 0.25) is 0 Å². The predicted octanol–water partition coefficient (Wildman–Crippen LogP) is 3.33. The van der Waals surface area contributed by atoms with E-state index < -0.39 is 11.8 Å². The van der Waals surface area contributed by atoms with Crippen molar-refractivity contribution in [2.24, 2.45) is 16.6 Å². The van der Waals surface area contributed by atoms with Crippen LogP contribution in [0.5, 0.6) is 11.5 Å². The lowest BCUT2D eigenvalue weighted by molar-refractivity contribution is -0.121. The van der Waals surface area contributed by atoms with Crippen molar-refractivity contribution in [3.8, 4) is 11.5 Å². The number of guanidine groups is 1. The van der Waals surface area contributed by atoms with Crippen LogP contribution in [0.25, 0.3) is 0 Å². The number of nitrogens with one attached hydrogen (secondary N) is 2. The van der Waals surface area contributed by atoms with Gasteiger partial charge in [0, 0.05) is 24.7 Å². The van der Waals surface area contributed by atoms with E-state index in [4.69, 9.17) is 15.2 Å². The molecule has 0 spiro atoms. The van der Waals surface area contributed by atoms with Crippen molar-refractivity contribution < 1.29 is 18.7 Å². The molecule has 0 aromatic heterocycles. The van der Waals surface area contributed by atoms with Gasteiger partial charge < -0.3 is 25.8 Å². The molecule has 2 aromatic carbocycles. The maximum Gasteiger partial charge on any atom is 0.222 e. The number of aliphatic imine (C=N–C) groups is 1. The van der Waals surface area contributed by atoms with Crippen LogP contribution in [0.3, 0.4) is 0 Å². The van der Waals surface area contributed by atoms with Gasteiger partial charge >= 0.3 is 0 Å². The third kappa shape index (κ3) is 7.57. The molecule has 9 heteroatoms. The number of rotatable bonds is 7. The van der Waals surface area contributed by atoms with Crippen LogP contribution in [-0.4, -0.2) is 38.2 Å². The molecular weight excluding hydrogens is 514 g/mol. The second kappa shape index (κ2) is 12.3. The Bertz CT molecular complexity index is 893. The number of halogens is 2. The highest BCUT2D eigenvalue weighted by molar-refractivity contribution is 14.0. The van der Waals surface area contributed by atoms with E-state index in [1.165, 1.54) is 12.1 Å². The van der Waals surface area contributed by atoms with Crippen molar-refractivity contribution >= 4 is 41.5 Å². The van der Waals surface area contributed by atoms with Gasteiger partial charge in [0.1, 0.15) is 5.82 Å². The number of primary amides is 1. The molecule has 1 aliphatic heterocycles. The number of hydrogen-bond donors (Lipinski definition) is 3. The largest absolute Gasteiger partial charge is 0.490 e. The Hall–Kier alpha value is -2.56. The third-order valence-electron chi connectivity index (χ3n) is 4.62. The smallest absolute Gasteiger partial charge is 0.222 e. The maximum absolute atomic E-state index is 13.1. The van der Waals surface area contributed by atoms with E-state index in [1.807, 2.05) is 25.1 Å². The van der Waals surface area contributed by atoms with Crippen LogP contribution in [0.15, 0.2) is 47.5 Å². The summed E-state index contributed by atoms with van der Waals surface area (Å²) in [5.41, 5.74) is 7.18. The van der Waals surface area contributed by atoms with E-state index in [1.54, 1.807) is 12.1 Å². The molecule has 0 bridgehead atoms. The van der Waals surface area contributed by atoms with Gasteiger partial charge in [-0.2, -0.15) is 0 Å². The molecule has 2 aromatic rings. The first-order valence-corrected chi connectivity index (χ1v) is 10.0. The zero-order chi connectivity index (χ0) is 21.3. The number of benzene rings is 2. The molecule has 1 heterocycles. The number of ether oxygens (including phenoxy) is 2. The predicted molar refractivity (Wildman–Crippen MR) is 130 cm³/mol. The Morgan fingerprint density at radius 1 is 1.16 bits per heavy atom. The standard InChI is InChI=1S/C22H27FN4O3.HI/c1-2-25-22(27-18-8-9-19-20(13-18)30-11-3-10-29-19)26-14-16(21(24)28)12-15-4-6-17(23)7-5-15;/h4-9,13,16H,2-3,10-12,14H2,1H3,(H2,24,28)(H2,25,26,27);1H. The van der Waals surface area contributed by atoms with Gasteiger partial charge in [0.15, 0.2) is 17.5 Å². The summed E-state index contributed by atoms with van der Waals surface area (Å²) in [5, 5.41) is 6.37. The summed E-state index contributed by atoms with van der Waals surface area (Å²) in [6.07, 6.45) is 1.23. The van der Waals surface area contributed by atoms with Gasteiger partial charge in [0.25, 0.3) is 0 Å². The van der Waals surface area contributed by atoms with E-state index in [-0.39, 0.29) is 36.3 Å². The molecule has 1 amide bonds. The van der Waals surface area contributed by atoms with Gasteiger partial charge in [0.05, 0.1) is 25.7 Å². The average molecular weight is 542 g/mol. The first-order chi connectivity index (χ1) is 14.5. The highest BCUT2D eigenvalue weighted by Gasteiger charge is 2.17. The molecule has 3 rings (SSSR count). The number of anilines is 1. The van der Waals surface area contributed by atoms with E-state index in [2.05, 4.69) is 15.6 Å². The van der Waals surface area contributed by atoms with Gasteiger partial charge in [-0.3, -0.25) is 9.79 Å². The minimum absolute atomic E-state index is 0. The molecule has 0 fully saturated rings. The summed E-state index contributed by atoms with van der Waals surface area (Å²) in [6, 6.07) is 11.6. The number of hydrogen-bond acceptors (Lipinski definition) is 4. The second-order valence-corrected chi connectivity index (χ2v) is 6.99. The number of fused-ring (bicyclic) bond motifs is 1. The topological polar surface area (TPSA) is 98.0 Å². The van der Waals surface area contributed by atoms with Crippen LogP contribution in [0, 0.1) is 11.7 Å². The summed E-state index contributed by atoms with van der Waals surface area (Å²) < 4.78 is 24.5. The lowest BCUT2D eigenvalue weighted by Gasteiger charge is -2.15. The van der Waals surface area contributed by atoms with Crippen molar-refractivity contribution in [3.63, 3.8) is 0 Å². The van der Waals surface area contributed by atoms with Crippen LogP contribution in [-0.2, 0) is 11.2 Å². The molecule has 1 unspecified atom stereocenters. The highest BCUT2D eigenvalue weighted by Crippen LogP contribution is 2.32. The average Bonchev–Trinajstić information content (AvgIpc) is 2.97. The molecule has 1 aliphatic rings. The molecule has 0 radical (unpaired) electrons. The van der Waals surface area contributed by atoms with Gasteiger partial charge in [-0.1, -0.05) is 12.1 Å². The first-order valence-electron chi connectivity index (χ1n) is 10.0. The summed E-state index contributed by atoms with van der Waals surface area (Å²) in [4.78, 5) is 16.4. The van der Waals surface area contributed by atoms with E-state index >= 15 is 0 Å². The Morgan fingerprint density at radius 2 is 1.87 bits per heavy atom. The van der Waals surface area contributed by atoms with Crippen molar-refractivity contribution in [1.82, 2.24) is 5.32 Å². The summed E-state index contributed by atoms with van der Waals surface area (Å²) in [6.45, 7) is 4.04. The van der Waals surface area contributed by atoms with E-state index in [0.717, 1.165) is 17.7 Å². The van der Waals surface area contributed by atoms with Gasteiger partial charge in [0.2, 0.25) is 5.91 Å². The molecule has 0 aliphatic carbocycles. The normalized spacial score (nSPS) is 14.1. The maximum atomic E-state index is 13.1. The minimum Gasteiger partial charge on any atom is -0.490 e. The van der Waals surface area contributed by atoms with E-state index in [0.29, 0.717) is 43.6 Å². The van der Waals surface area contributed by atoms with Crippen molar-refractivity contribution in [2.45, 2.75) is 19.8 Å². The third-order valence-corrected chi connectivity index (χ3v) is 4.62. The molecule has 31 heavy (non-hydrogen) atoms. The molecule has 168 valence electrons. The highest BCUT2D eigenvalue weighted by atomic mass is 127. The fraction of sp³-hybridized carbons (Fsp3) is 0.364. The summed E-state index contributed by atoms with van der Waals surface area (Å²) in [5.74, 6) is 0.649. The molecule has 4 N–H and O–H groups in total. The van der Waals surface area contributed by atoms with Crippen LogP contribution in [0.1, 0.15) is 18.9 Å². The van der Waals surface area contributed by atoms with Gasteiger partial charge in [-0.05, 0) is 43.2 Å². The molecule has 0 saturated carbocycles. The summed E-state index contributed by atoms with van der Waals surface area (Å²) in [7, 11) is 0. The fourth-order valence-corrected chi connectivity index (χ4v) is 3.05. The zero-order valence-corrected chi connectivity index (χ0v) is 19.7. The Balaban J connectivity index is 0.00000341. The SMILES string of the molecule is CCNC(=NCC(Cc1ccc(F)cc1)C(N)=O)Nc1ccc2c(c1)OCCCO2.I. The van der Waals surface area contributed by atoms with E-state index in [9.17, 15) is 9.18 Å². The fourth-order valence-electron chi connectivity index (χ4n) is 3.05. The lowest BCUT2D eigenvalue weighted by Crippen LogP contribution is -2.33. The molecule has 1 atom stereocenters. The number of carbonyl (C=O) groups excluding carboxylic acids is 1. The van der Waals surface area contributed by atoms with Crippen LogP contribution < -0.4 is 25.8 Å². The quantitative estimate of drug-likeness (QED) is 0.284. The van der Waals surface area contributed by atoms with Crippen molar-refractivity contribution in [2.75, 3.05) is 31.6 Å². The zero-order valence-electron chi connectivity index (χ0n) is 17.4. The monoisotopic (exact) mass is 542 g/mol. The number of carbonyl (C=O) groups is 1. The van der Waals surface area contributed by atoms with Gasteiger partial charge in [-0.25, -0.2) is 4.39 Å². The lowest BCUT2D eigenvalue weighted by atomic mass is 9.99. The second-order valence-electron chi connectivity index (χ2n) is 6.99. The number of nitrogens with two attached hydrogens (primary N) is 1. The Kier molecular flexibility index (Phi) is 9.83. The Labute approximate surface area is 198 Å². The molecule has 7 nitrogen and oxygen atoms in total. The number of nitrogens with zero attached hydrogens (tertiary/aromatic N) is 1. The first kappa shape index (κ1) is 24.7. The summed E-state index contributed by atoms with van der Waals surface area (Å²) >= 11 is 0. The van der Waals surface area contributed by atoms with Crippen molar-refractivity contribution in [3.05, 3.63) is 53.8 Å². The van der Waals surface area contributed by atoms with Crippen LogP contribution in [0.4, 0.5) is 10.1 Å². The van der Waals surface area contributed by atoms with Crippen LogP contribution >= 0.6 is 24.0 Å².